The minimum atomic E-state index is -0.458. The molecular weight excluding hydrogens is 408 g/mol. The van der Waals surface area contributed by atoms with E-state index >= 15 is 0 Å². The van der Waals surface area contributed by atoms with Crippen LogP contribution in [-0.4, -0.2) is 13.2 Å². The van der Waals surface area contributed by atoms with Gasteiger partial charge in [0.2, 0.25) is 0 Å². The zero-order chi connectivity index (χ0) is 15.0. The predicted molar refractivity (Wildman–Crippen MR) is 87.6 cm³/mol. The van der Waals surface area contributed by atoms with E-state index in [-0.39, 0.29) is 5.82 Å². The zero-order valence-electron chi connectivity index (χ0n) is 10.9. The Labute approximate surface area is 140 Å². The average Bonchev–Trinajstić information content (AvgIpc) is 2.46. The topological polar surface area (TPSA) is 44.5 Å². The molecule has 1 aliphatic rings. The Balaban J connectivity index is 2.03. The highest BCUT2D eigenvalue weighted by Crippen LogP contribution is 2.39. The van der Waals surface area contributed by atoms with Gasteiger partial charge in [0.05, 0.1) is 6.04 Å². The maximum absolute atomic E-state index is 13.2. The van der Waals surface area contributed by atoms with Gasteiger partial charge >= 0.3 is 0 Å². The van der Waals surface area contributed by atoms with Crippen LogP contribution < -0.4 is 15.2 Å². The number of rotatable bonds is 2. The Kier molecular flexibility index (Phi) is 4.24. The molecule has 3 rings (SSSR count). The first kappa shape index (κ1) is 14.9. The lowest BCUT2D eigenvalue weighted by Gasteiger charge is -2.22. The number of fused-ring (bicyclic) bond motifs is 1. The summed E-state index contributed by atoms with van der Waals surface area (Å²) in [5.74, 6) is 0.966. The van der Waals surface area contributed by atoms with Crippen molar-refractivity contribution < 1.29 is 13.9 Å². The van der Waals surface area contributed by atoms with Crippen LogP contribution >= 0.6 is 34.2 Å². The molecule has 0 radical (unpaired) electrons. The highest BCUT2D eigenvalue weighted by atomic mass is 127. The molecule has 0 amide bonds. The molecule has 110 valence electrons. The second-order valence-electron chi connectivity index (χ2n) is 4.66. The summed E-state index contributed by atoms with van der Waals surface area (Å²) in [5, 5.41) is 0.506. The summed E-state index contributed by atoms with van der Waals surface area (Å²) in [6, 6.07) is 7.56. The van der Waals surface area contributed by atoms with Crippen molar-refractivity contribution in [3.8, 4) is 11.5 Å². The average molecular weight is 420 g/mol. The van der Waals surface area contributed by atoms with Crippen LogP contribution in [0.2, 0.25) is 5.02 Å². The first-order valence-corrected chi connectivity index (χ1v) is 7.81. The van der Waals surface area contributed by atoms with Gasteiger partial charge in [0.25, 0.3) is 0 Å². The van der Waals surface area contributed by atoms with Gasteiger partial charge in [0, 0.05) is 14.7 Å². The van der Waals surface area contributed by atoms with Crippen molar-refractivity contribution in [2.24, 2.45) is 5.73 Å². The standard InChI is InChI=1S/C15H12ClFINO2/c16-11-7-14-13(20-3-4-21-14)6-10(11)15(19)9-2-1-8(17)5-12(9)18/h1-2,5-7,15H,3-4,19H2. The van der Waals surface area contributed by atoms with Gasteiger partial charge in [-0.25, -0.2) is 4.39 Å². The molecule has 0 fully saturated rings. The van der Waals surface area contributed by atoms with Crippen molar-refractivity contribution in [2.75, 3.05) is 13.2 Å². The lowest BCUT2D eigenvalue weighted by atomic mass is 9.99. The van der Waals surface area contributed by atoms with E-state index in [0.717, 1.165) is 14.7 Å². The summed E-state index contributed by atoms with van der Waals surface area (Å²) in [6.45, 7) is 1.00. The van der Waals surface area contributed by atoms with Crippen LogP contribution in [0, 0.1) is 9.39 Å². The number of hydrogen-bond acceptors (Lipinski definition) is 3. The molecule has 2 N–H and O–H groups in total. The fraction of sp³-hybridized carbons (Fsp3) is 0.200. The summed E-state index contributed by atoms with van der Waals surface area (Å²) in [4.78, 5) is 0. The lowest BCUT2D eigenvalue weighted by molar-refractivity contribution is 0.171. The monoisotopic (exact) mass is 419 g/mol. The van der Waals surface area contributed by atoms with Crippen molar-refractivity contribution in [1.29, 1.82) is 0 Å². The second kappa shape index (κ2) is 5.98. The van der Waals surface area contributed by atoms with Crippen molar-refractivity contribution in [3.63, 3.8) is 0 Å². The van der Waals surface area contributed by atoms with Gasteiger partial charge < -0.3 is 15.2 Å². The van der Waals surface area contributed by atoms with Gasteiger partial charge in [-0.05, 0) is 51.9 Å². The smallest absolute Gasteiger partial charge is 0.162 e. The number of nitrogens with two attached hydrogens (primary N) is 1. The molecule has 1 aliphatic heterocycles. The number of hydrogen-bond donors (Lipinski definition) is 1. The number of ether oxygens (including phenoxy) is 2. The molecule has 0 aromatic heterocycles. The molecule has 1 atom stereocenters. The molecule has 2 aromatic carbocycles. The molecular formula is C15H12ClFINO2. The SMILES string of the molecule is NC(c1cc2c(cc1Cl)OCCO2)c1ccc(F)cc1I. The molecule has 0 saturated heterocycles. The first-order valence-electron chi connectivity index (χ1n) is 6.36. The Morgan fingerprint density at radius 1 is 1.10 bits per heavy atom. The van der Waals surface area contributed by atoms with Gasteiger partial charge in [0.1, 0.15) is 19.0 Å². The number of halogens is 3. The van der Waals surface area contributed by atoms with E-state index in [2.05, 4.69) is 22.6 Å². The molecule has 6 heteroatoms. The summed E-state index contributed by atoms with van der Waals surface area (Å²) < 4.78 is 25.0. The lowest BCUT2D eigenvalue weighted by Crippen LogP contribution is -2.18. The van der Waals surface area contributed by atoms with Crippen LogP contribution in [0.4, 0.5) is 4.39 Å². The third-order valence-electron chi connectivity index (χ3n) is 3.29. The van der Waals surface area contributed by atoms with Crippen molar-refractivity contribution in [2.45, 2.75) is 6.04 Å². The molecule has 0 spiro atoms. The van der Waals surface area contributed by atoms with Crippen molar-refractivity contribution in [1.82, 2.24) is 0 Å². The normalized spacial score (nSPS) is 14.9. The Hall–Kier alpha value is -1.05. The first-order chi connectivity index (χ1) is 10.1. The second-order valence-corrected chi connectivity index (χ2v) is 6.23. The molecule has 0 bridgehead atoms. The van der Waals surface area contributed by atoms with E-state index < -0.39 is 6.04 Å². The quantitative estimate of drug-likeness (QED) is 0.751. The fourth-order valence-corrected chi connectivity index (χ4v) is 3.32. The van der Waals surface area contributed by atoms with E-state index in [1.807, 2.05) is 0 Å². The maximum atomic E-state index is 13.2. The third-order valence-corrected chi connectivity index (χ3v) is 4.56. The highest BCUT2D eigenvalue weighted by molar-refractivity contribution is 14.1. The van der Waals surface area contributed by atoms with Gasteiger partial charge in [-0.1, -0.05) is 17.7 Å². The largest absolute Gasteiger partial charge is 0.486 e. The molecule has 1 heterocycles. The van der Waals surface area contributed by atoms with Crippen molar-refractivity contribution in [3.05, 3.63) is 55.9 Å². The summed E-state index contributed by atoms with van der Waals surface area (Å²) in [5.41, 5.74) is 7.84. The Morgan fingerprint density at radius 3 is 2.43 bits per heavy atom. The van der Waals surface area contributed by atoms with Gasteiger partial charge in [0.15, 0.2) is 11.5 Å². The van der Waals surface area contributed by atoms with Gasteiger partial charge in [-0.15, -0.1) is 0 Å². The summed E-state index contributed by atoms with van der Waals surface area (Å²) >= 11 is 8.36. The summed E-state index contributed by atoms with van der Waals surface area (Å²) in [6.07, 6.45) is 0. The van der Waals surface area contributed by atoms with Crippen LogP contribution in [-0.2, 0) is 0 Å². The van der Waals surface area contributed by atoms with E-state index in [0.29, 0.717) is 29.7 Å². The highest BCUT2D eigenvalue weighted by Gasteiger charge is 2.21. The molecule has 2 aromatic rings. The molecule has 3 nitrogen and oxygen atoms in total. The van der Waals surface area contributed by atoms with E-state index in [1.165, 1.54) is 12.1 Å². The molecule has 0 saturated carbocycles. The minimum Gasteiger partial charge on any atom is -0.486 e. The van der Waals surface area contributed by atoms with Gasteiger partial charge in [-0.2, -0.15) is 0 Å². The van der Waals surface area contributed by atoms with Gasteiger partial charge in [-0.3, -0.25) is 0 Å². The van der Waals surface area contributed by atoms with E-state index in [4.69, 9.17) is 26.8 Å². The van der Waals surface area contributed by atoms with Crippen LogP contribution in [0.25, 0.3) is 0 Å². The van der Waals surface area contributed by atoms with Crippen LogP contribution in [0.5, 0.6) is 11.5 Å². The minimum absolute atomic E-state index is 0.288. The molecule has 1 unspecified atom stereocenters. The fourth-order valence-electron chi connectivity index (χ4n) is 2.24. The number of benzene rings is 2. The predicted octanol–water partition coefficient (Wildman–Crippen LogP) is 3.90. The zero-order valence-corrected chi connectivity index (χ0v) is 13.8. The van der Waals surface area contributed by atoms with E-state index in [1.54, 1.807) is 18.2 Å². The Morgan fingerprint density at radius 2 is 1.76 bits per heavy atom. The van der Waals surface area contributed by atoms with Crippen LogP contribution in [0.15, 0.2) is 30.3 Å². The molecule has 21 heavy (non-hydrogen) atoms. The molecule has 0 aliphatic carbocycles. The third kappa shape index (κ3) is 2.95. The maximum Gasteiger partial charge on any atom is 0.162 e. The van der Waals surface area contributed by atoms with E-state index in [9.17, 15) is 4.39 Å². The van der Waals surface area contributed by atoms with Crippen LogP contribution in [0.3, 0.4) is 0 Å². The summed E-state index contributed by atoms with van der Waals surface area (Å²) in [7, 11) is 0. The van der Waals surface area contributed by atoms with Crippen molar-refractivity contribution >= 4 is 34.2 Å². The van der Waals surface area contributed by atoms with Crippen LogP contribution in [0.1, 0.15) is 17.2 Å². The Bertz CT molecular complexity index is 696.